The molecule has 0 aromatic heterocycles. The van der Waals surface area contributed by atoms with E-state index in [1.54, 1.807) is 30.2 Å². The second-order valence-electron chi connectivity index (χ2n) is 6.41. The number of nitrogens with zero attached hydrogens (tertiary/aromatic N) is 2. The van der Waals surface area contributed by atoms with E-state index in [1.807, 2.05) is 11.8 Å². The Bertz CT molecular complexity index is 655. The zero-order valence-corrected chi connectivity index (χ0v) is 15.3. The topological polar surface area (TPSA) is 87.9 Å². The number of rotatable bonds is 4. The minimum absolute atomic E-state index is 0. The largest absolute Gasteiger partial charge is 0.495 e. The minimum Gasteiger partial charge on any atom is -0.495 e. The van der Waals surface area contributed by atoms with Crippen LogP contribution in [0.2, 0.25) is 0 Å². The maximum Gasteiger partial charge on any atom is 0.322 e. The lowest BCUT2D eigenvalue weighted by Crippen LogP contribution is -2.34. The second-order valence-corrected chi connectivity index (χ2v) is 6.41. The summed E-state index contributed by atoms with van der Waals surface area (Å²) in [6, 6.07) is 5.24. The minimum atomic E-state index is -0.171. The number of hydrogen-bond donors (Lipinski definition) is 2. The molecular formula is C17H25ClN4O3. The summed E-state index contributed by atoms with van der Waals surface area (Å²) < 4.78 is 5.36. The van der Waals surface area contributed by atoms with Crippen molar-refractivity contribution in [2.75, 3.05) is 38.2 Å². The highest BCUT2D eigenvalue weighted by atomic mass is 35.5. The summed E-state index contributed by atoms with van der Waals surface area (Å²) in [6.07, 6.45) is 0.930. The lowest BCUT2D eigenvalue weighted by molar-refractivity contribution is 0.0743. The number of methoxy groups -OCH3 is 1. The third-order valence-corrected chi connectivity index (χ3v) is 4.83. The maximum atomic E-state index is 12.9. The summed E-state index contributed by atoms with van der Waals surface area (Å²) >= 11 is 0. The highest BCUT2D eigenvalue weighted by Gasteiger charge is 2.33. The number of carbonyl (C=O) groups excluding carboxylic acids is 2. The van der Waals surface area contributed by atoms with Gasteiger partial charge in [0.05, 0.1) is 12.8 Å². The van der Waals surface area contributed by atoms with Gasteiger partial charge in [-0.25, -0.2) is 4.79 Å². The predicted molar refractivity (Wildman–Crippen MR) is 98.6 cm³/mol. The monoisotopic (exact) mass is 368 g/mol. The van der Waals surface area contributed by atoms with Crippen molar-refractivity contribution in [3.05, 3.63) is 23.8 Å². The van der Waals surface area contributed by atoms with Gasteiger partial charge < -0.3 is 20.7 Å². The van der Waals surface area contributed by atoms with Gasteiger partial charge in [-0.1, -0.05) is 0 Å². The first-order valence-corrected chi connectivity index (χ1v) is 8.29. The molecule has 8 heteroatoms. The Labute approximate surface area is 153 Å². The normalized spacial score (nSPS) is 22.6. The van der Waals surface area contributed by atoms with Crippen LogP contribution in [0.3, 0.4) is 0 Å². The molecule has 0 aliphatic carbocycles. The maximum absolute atomic E-state index is 12.9. The number of urea groups is 1. The van der Waals surface area contributed by atoms with Gasteiger partial charge in [-0.05, 0) is 44.0 Å². The number of nitrogens with one attached hydrogen (secondary N) is 1. The van der Waals surface area contributed by atoms with Gasteiger partial charge in [0.15, 0.2) is 0 Å². The Morgan fingerprint density at radius 2 is 2.20 bits per heavy atom. The van der Waals surface area contributed by atoms with Gasteiger partial charge in [0.2, 0.25) is 0 Å². The van der Waals surface area contributed by atoms with E-state index in [-0.39, 0.29) is 30.4 Å². The number of ether oxygens (including phenoxy) is 1. The number of carbonyl (C=O) groups is 2. The fraction of sp³-hybridized carbons (Fsp3) is 0.529. The van der Waals surface area contributed by atoms with E-state index in [9.17, 15) is 9.59 Å². The van der Waals surface area contributed by atoms with Crippen LogP contribution in [0.15, 0.2) is 18.2 Å². The van der Waals surface area contributed by atoms with Crippen molar-refractivity contribution in [2.24, 2.45) is 11.7 Å². The van der Waals surface area contributed by atoms with Gasteiger partial charge in [-0.15, -0.1) is 12.4 Å². The quantitative estimate of drug-likeness (QED) is 0.842. The van der Waals surface area contributed by atoms with Crippen molar-refractivity contribution < 1.29 is 14.3 Å². The van der Waals surface area contributed by atoms with Crippen LogP contribution in [0.5, 0.6) is 5.75 Å². The molecule has 3 rings (SSSR count). The SMILES string of the molecule is COc1ccc(C(=O)N2CC(CN)CC2C)cc1N1CCNC1=O.Cl. The molecule has 2 atom stereocenters. The van der Waals surface area contributed by atoms with E-state index in [0.717, 1.165) is 6.42 Å². The summed E-state index contributed by atoms with van der Waals surface area (Å²) in [5.41, 5.74) is 6.94. The van der Waals surface area contributed by atoms with Crippen molar-refractivity contribution in [2.45, 2.75) is 19.4 Å². The molecule has 2 saturated heterocycles. The van der Waals surface area contributed by atoms with Crippen LogP contribution in [-0.2, 0) is 0 Å². The Morgan fingerprint density at radius 1 is 1.44 bits per heavy atom. The van der Waals surface area contributed by atoms with Gasteiger partial charge in [0, 0.05) is 31.2 Å². The molecule has 0 spiro atoms. The van der Waals surface area contributed by atoms with Crippen LogP contribution in [0.25, 0.3) is 0 Å². The first-order chi connectivity index (χ1) is 11.5. The van der Waals surface area contributed by atoms with E-state index in [4.69, 9.17) is 10.5 Å². The van der Waals surface area contributed by atoms with Crippen LogP contribution in [0, 0.1) is 5.92 Å². The summed E-state index contributed by atoms with van der Waals surface area (Å²) in [4.78, 5) is 28.3. The van der Waals surface area contributed by atoms with Crippen molar-refractivity contribution in [3.8, 4) is 5.75 Å². The van der Waals surface area contributed by atoms with Gasteiger partial charge in [0.1, 0.15) is 5.75 Å². The molecule has 2 unspecified atom stereocenters. The molecule has 2 fully saturated rings. The number of halogens is 1. The van der Waals surface area contributed by atoms with Gasteiger partial charge >= 0.3 is 6.03 Å². The van der Waals surface area contributed by atoms with Crippen LogP contribution >= 0.6 is 12.4 Å². The van der Waals surface area contributed by atoms with Crippen molar-refractivity contribution in [1.29, 1.82) is 0 Å². The molecule has 1 aromatic carbocycles. The fourth-order valence-corrected chi connectivity index (χ4v) is 3.50. The first-order valence-electron chi connectivity index (χ1n) is 8.29. The van der Waals surface area contributed by atoms with Gasteiger partial charge in [-0.2, -0.15) is 0 Å². The molecule has 2 aliphatic rings. The van der Waals surface area contributed by atoms with E-state index >= 15 is 0 Å². The van der Waals surface area contributed by atoms with Crippen molar-refractivity contribution in [3.63, 3.8) is 0 Å². The molecule has 25 heavy (non-hydrogen) atoms. The number of likely N-dealkylation sites (tertiary alicyclic amines) is 1. The standard InChI is InChI=1S/C17H24N4O3.ClH/c1-11-7-12(9-18)10-21(11)16(22)13-3-4-15(24-2)14(8-13)20-6-5-19-17(20)23;/h3-4,8,11-12H,5-7,9-10,18H2,1-2H3,(H,19,23);1H. The third-order valence-electron chi connectivity index (χ3n) is 4.83. The van der Waals surface area contributed by atoms with E-state index < -0.39 is 0 Å². The molecule has 138 valence electrons. The third kappa shape index (κ3) is 3.67. The predicted octanol–water partition coefficient (Wildman–Crippen LogP) is 1.46. The average Bonchev–Trinajstić information content (AvgIpc) is 3.19. The number of hydrogen-bond acceptors (Lipinski definition) is 4. The number of nitrogens with two attached hydrogens (primary N) is 1. The van der Waals surface area contributed by atoms with Crippen molar-refractivity contribution in [1.82, 2.24) is 10.2 Å². The van der Waals surface area contributed by atoms with Crippen LogP contribution in [0.4, 0.5) is 10.5 Å². The summed E-state index contributed by atoms with van der Waals surface area (Å²) in [5, 5.41) is 2.77. The lowest BCUT2D eigenvalue weighted by Gasteiger charge is -2.23. The Morgan fingerprint density at radius 3 is 2.76 bits per heavy atom. The molecule has 0 radical (unpaired) electrons. The molecule has 2 heterocycles. The van der Waals surface area contributed by atoms with Crippen LogP contribution in [0.1, 0.15) is 23.7 Å². The second kappa shape index (κ2) is 7.93. The van der Waals surface area contributed by atoms with E-state index in [0.29, 0.717) is 49.1 Å². The van der Waals surface area contributed by atoms with E-state index in [1.165, 1.54) is 0 Å². The molecule has 7 nitrogen and oxygen atoms in total. The molecule has 0 bridgehead atoms. The molecular weight excluding hydrogens is 344 g/mol. The highest BCUT2D eigenvalue weighted by Crippen LogP contribution is 2.32. The van der Waals surface area contributed by atoms with Gasteiger partial charge in [-0.3, -0.25) is 9.69 Å². The average molecular weight is 369 g/mol. The van der Waals surface area contributed by atoms with E-state index in [2.05, 4.69) is 5.32 Å². The molecule has 2 aliphatic heterocycles. The molecule has 3 amide bonds. The first kappa shape index (κ1) is 19.3. The summed E-state index contributed by atoms with van der Waals surface area (Å²) in [6.45, 7) is 4.47. The van der Waals surface area contributed by atoms with Crippen LogP contribution < -0.4 is 20.7 Å². The molecule has 0 saturated carbocycles. The number of benzene rings is 1. The molecule has 1 aromatic rings. The Hall–Kier alpha value is -1.99. The van der Waals surface area contributed by atoms with Crippen molar-refractivity contribution >= 4 is 30.0 Å². The zero-order valence-electron chi connectivity index (χ0n) is 14.5. The fourth-order valence-electron chi connectivity index (χ4n) is 3.50. The van der Waals surface area contributed by atoms with Crippen LogP contribution in [-0.4, -0.2) is 56.2 Å². The zero-order chi connectivity index (χ0) is 17.3. The molecule has 3 N–H and O–H groups in total. The Balaban J connectivity index is 0.00000225. The smallest absolute Gasteiger partial charge is 0.322 e. The summed E-state index contributed by atoms with van der Waals surface area (Å²) in [5.74, 6) is 0.908. The van der Waals surface area contributed by atoms with Gasteiger partial charge in [0.25, 0.3) is 5.91 Å². The Kier molecular flexibility index (Phi) is 6.13. The number of anilines is 1. The number of amides is 3. The highest BCUT2D eigenvalue weighted by molar-refractivity contribution is 6.00. The lowest BCUT2D eigenvalue weighted by atomic mass is 10.1. The summed E-state index contributed by atoms with van der Waals surface area (Å²) in [7, 11) is 1.56.